The Morgan fingerprint density at radius 2 is 2.03 bits per heavy atom. The molecule has 7 nitrogen and oxygen atoms in total. The van der Waals surface area contributed by atoms with Crippen LogP contribution in [0.25, 0.3) is 11.1 Å². The first-order chi connectivity index (χ1) is 17.5. The fraction of sp³-hybridized carbons (Fsp3) is 0.483. The summed E-state index contributed by atoms with van der Waals surface area (Å²) in [6.45, 7) is 7.43. The molecule has 1 aromatic carbocycles. The van der Waals surface area contributed by atoms with Crippen molar-refractivity contribution in [1.82, 2.24) is 15.2 Å². The Morgan fingerprint density at radius 3 is 2.78 bits per heavy atom. The van der Waals surface area contributed by atoms with Gasteiger partial charge in [-0.3, -0.25) is 9.79 Å². The third-order valence-corrected chi connectivity index (χ3v) is 8.17. The Bertz CT molecular complexity index is 1250. The van der Waals surface area contributed by atoms with Gasteiger partial charge < -0.3 is 21.3 Å². The summed E-state index contributed by atoms with van der Waals surface area (Å²) in [5, 5.41) is 7.10. The molecule has 188 valence electrons. The van der Waals surface area contributed by atoms with E-state index >= 15 is 0 Å². The van der Waals surface area contributed by atoms with Gasteiger partial charge >= 0.3 is 0 Å². The highest BCUT2D eigenvalue weighted by atomic mass is 16.2. The molecule has 0 spiro atoms. The van der Waals surface area contributed by atoms with Gasteiger partial charge in [0.05, 0.1) is 11.6 Å². The molecule has 1 saturated carbocycles. The van der Waals surface area contributed by atoms with E-state index in [9.17, 15) is 4.79 Å². The average molecular weight is 485 g/mol. The second-order valence-corrected chi connectivity index (χ2v) is 10.8. The van der Waals surface area contributed by atoms with Crippen molar-refractivity contribution in [2.75, 3.05) is 25.0 Å². The minimum Gasteiger partial charge on any atom is -0.404 e. The third-order valence-electron chi connectivity index (χ3n) is 8.17. The predicted molar refractivity (Wildman–Crippen MR) is 144 cm³/mol. The zero-order chi connectivity index (χ0) is 24.8. The van der Waals surface area contributed by atoms with Gasteiger partial charge in [0.25, 0.3) is 5.91 Å². The van der Waals surface area contributed by atoms with Crippen LogP contribution in [-0.2, 0) is 17.8 Å². The Morgan fingerprint density at radius 1 is 1.19 bits per heavy atom. The molecule has 1 saturated heterocycles. The van der Waals surface area contributed by atoms with E-state index in [4.69, 9.17) is 10.7 Å². The molecule has 4 heterocycles. The van der Waals surface area contributed by atoms with E-state index < -0.39 is 0 Å². The number of rotatable bonds is 5. The number of hydrogen-bond acceptors (Lipinski definition) is 6. The Hall–Kier alpha value is -3.19. The number of anilines is 1. The summed E-state index contributed by atoms with van der Waals surface area (Å²) in [6, 6.07) is 7.65. The van der Waals surface area contributed by atoms with Crippen LogP contribution in [0.15, 0.2) is 41.2 Å². The standard InChI is InChI=1S/C29H36N6O/c1-17-14-32-28-23(17)12-21(15-33-28)20-10-19-7-9-35(16-26(19)24(11-20)27-4-3-8-31-27)29(36)25(13-30)18(2)34-22-5-6-22/h10-13,15,17,22,27,31H,3-9,14,16,30H2,1-2H3,(H,32,33). The molecular formula is C29H36N6O. The van der Waals surface area contributed by atoms with Crippen molar-refractivity contribution in [1.29, 1.82) is 0 Å². The molecule has 2 atom stereocenters. The summed E-state index contributed by atoms with van der Waals surface area (Å²) in [5.74, 6) is 1.47. The van der Waals surface area contributed by atoms with Crippen LogP contribution >= 0.6 is 0 Å². The molecule has 2 fully saturated rings. The number of fused-ring (bicyclic) bond motifs is 2. The van der Waals surface area contributed by atoms with Crippen molar-refractivity contribution >= 4 is 17.4 Å². The Labute approximate surface area is 213 Å². The van der Waals surface area contributed by atoms with Gasteiger partial charge in [-0.25, -0.2) is 4.98 Å². The largest absolute Gasteiger partial charge is 0.404 e. The molecule has 7 heteroatoms. The van der Waals surface area contributed by atoms with Crippen LogP contribution < -0.4 is 16.4 Å². The first-order valence-electron chi connectivity index (χ1n) is 13.4. The van der Waals surface area contributed by atoms with Crippen LogP contribution in [0.2, 0.25) is 0 Å². The number of pyridine rings is 1. The van der Waals surface area contributed by atoms with Gasteiger partial charge in [0, 0.05) is 55.3 Å². The smallest absolute Gasteiger partial charge is 0.257 e. The first-order valence-corrected chi connectivity index (χ1v) is 13.4. The van der Waals surface area contributed by atoms with Crippen molar-refractivity contribution < 1.29 is 4.79 Å². The maximum Gasteiger partial charge on any atom is 0.257 e. The van der Waals surface area contributed by atoms with Crippen molar-refractivity contribution in [2.45, 2.75) is 70.5 Å². The molecule has 4 N–H and O–H groups in total. The topological polar surface area (TPSA) is 95.6 Å². The normalized spacial score (nSPS) is 23.9. The molecule has 6 rings (SSSR count). The maximum absolute atomic E-state index is 13.5. The number of amides is 1. The number of aromatic nitrogens is 1. The molecular weight excluding hydrogens is 448 g/mol. The predicted octanol–water partition coefficient (Wildman–Crippen LogP) is 4.05. The monoisotopic (exact) mass is 484 g/mol. The molecule has 0 radical (unpaired) electrons. The highest BCUT2D eigenvalue weighted by Gasteiger charge is 2.30. The second-order valence-electron chi connectivity index (χ2n) is 10.8. The van der Waals surface area contributed by atoms with Crippen molar-refractivity contribution in [2.24, 2.45) is 10.7 Å². The Balaban J connectivity index is 1.34. The molecule has 36 heavy (non-hydrogen) atoms. The number of hydrogen-bond donors (Lipinski definition) is 3. The summed E-state index contributed by atoms with van der Waals surface area (Å²) in [6.07, 6.45) is 8.78. The summed E-state index contributed by atoms with van der Waals surface area (Å²) in [7, 11) is 0. The van der Waals surface area contributed by atoms with Crippen LogP contribution in [0.5, 0.6) is 0 Å². The number of carbonyl (C=O) groups is 1. The van der Waals surface area contributed by atoms with E-state index in [1.54, 1.807) is 0 Å². The van der Waals surface area contributed by atoms with Gasteiger partial charge in [-0.2, -0.15) is 0 Å². The van der Waals surface area contributed by atoms with Crippen molar-refractivity contribution in [3.63, 3.8) is 0 Å². The molecule has 0 bridgehead atoms. The van der Waals surface area contributed by atoms with Crippen LogP contribution in [-0.4, -0.2) is 47.2 Å². The minimum absolute atomic E-state index is 0.0104. The maximum atomic E-state index is 13.5. The lowest BCUT2D eigenvalue weighted by Gasteiger charge is -2.33. The van der Waals surface area contributed by atoms with E-state index in [-0.39, 0.29) is 5.91 Å². The van der Waals surface area contributed by atoms with E-state index in [1.807, 2.05) is 18.0 Å². The lowest BCUT2D eigenvalue weighted by molar-refractivity contribution is -0.127. The Kier molecular flexibility index (Phi) is 6.04. The lowest BCUT2D eigenvalue weighted by Crippen LogP contribution is -2.39. The van der Waals surface area contributed by atoms with Gasteiger partial charge in [0.2, 0.25) is 0 Å². The molecule has 2 aromatic rings. The van der Waals surface area contributed by atoms with E-state index in [0.29, 0.717) is 36.7 Å². The lowest BCUT2D eigenvalue weighted by atomic mass is 9.86. The summed E-state index contributed by atoms with van der Waals surface area (Å²) >= 11 is 0. The molecule has 2 unspecified atom stereocenters. The highest BCUT2D eigenvalue weighted by Crippen LogP contribution is 2.38. The quantitative estimate of drug-likeness (QED) is 0.440. The van der Waals surface area contributed by atoms with E-state index in [0.717, 1.165) is 50.3 Å². The van der Waals surface area contributed by atoms with Gasteiger partial charge in [0.15, 0.2) is 0 Å². The number of nitrogens with zero attached hydrogens (tertiary/aromatic N) is 3. The van der Waals surface area contributed by atoms with Gasteiger partial charge in [0.1, 0.15) is 5.82 Å². The number of nitrogens with one attached hydrogen (secondary N) is 2. The molecule has 1 aliphatic carbocycles. The van der Waals surface area contributed by atoms with Crippen LogP contribution in [0.4, 0.5) is 5.82 Å². The molecule has 1 amide bonds. The minimum atomic E-state index is -0.0104. The van der Waals surface area contributed by atoms with Crippen LogP contribution in [0.1, 0.15) is 73.7 Å². The zero-order valence-electron chi connectivity index (χ0n) is 21.3. The van der Waals surface area contributed by atoms with E-state index in [1.165, 1.54) is 46.0 Å². The van der Waals surface area contributed by atoms with Crippen LogP contribution in [0.3, 0.4) is 0 Å². The van der Waals surface area contributed by atoms with Gasteiger partial charge in [-0.1, -0.05) is 13.0 Å². The van der Waals surface area contributed by atoms with Gasteiger partial charge in [-0.05, 0) is 85.5 Å². The fourth-order valence-corrected chi connectivity index (χ4v) is 5.89. The molecule has 4 aliphatic rings. The molecule has 1 aromatic heterocycles. The second kappa shape index (κ2) is 9.36. The number of nitrogens with two attached hydrogens (primary N) is 1. The average Bonchev–Trinajstić information content (AvgIpc) is 3.38. The van der Waals surface area contributed by atoms with Crippen molar-refractivity contribution in [3.05, 3.63) is 58.4 Å². The number of benzene rings is 1. The first kappa shape index (κ1) is 23.2. The van der Waals surface area contributed by atoms with Gasteiger partial charge in [-0.15, -0.1) is 0 Å². The van der Waals surface area contributed by atoms with Crippen molar-refractivity contribution in [3.8, 4) is 11.1 Å². The fourth-order valence-electron chi connectivity index (χ4n) is 5.89. The number of aliphatic imine (C=N–C) groups is 1. The molecule has 3 aliphatic heterocycles. The number of carbonyl (C=O) groups excluding carboxylic acids is 1. The SMILES string of the molecule is CC(=NC1CC1)C(=CN)C(=O)N1CCc2cc(-c3cnc4c(c3)C(C)CN4)cc(C3CCCN3)c2C1. The highest BCUT2D eigenvalue weighted by molar-refractivity contribution is 6.20. The summed E-state index contributed by atoms with van der Waals surface area (Å²) in [4.78, 5) is 24.9. The van der Waals surface area contributed by atoms with Crippen LogP contribution in [0, 0.1) is 0 Å². The third kappa shape index (κ3) is 4.30. The summed E-state index contributed by atoms with van der Waals surface area (Å²) < 4.78 is 0. The van der Waals surface area contributed by atoms with E-state index in [2.05, 4.69) is 40.7 Å². The summed E-state index contributed by atoms with van der Waals surface area (Å²) in [5.41, 5.74) is 14.9. The zero-order valence-corrected chi connectivity index (χ0v) is 21.3.